The lowest BCUT2D eigenvalue weighted by Crippen LogP contribution is -2.23. The second kappa shape index (κ2) is 7.65. The maximum Gasteiger partial charge on any atom is 0.193 e. The number of hydrogen-bond acceptors (Lipinski definition) is 4. The summed E-state index contributed by atoms with van der Waals surface area (Å²) in [6.07, 6.45) is 6.48. The van der Waals surface area contributed by atoms with Crippen molar-refractivity contribution in [2.24, 2.45) is 10.7 Å². The minimum absolute atomic E-state index is 0.497. The second-order valence-electron chi connectivity index (χ2n) is 5.23. The number of nitrogens with one attached hydrogen (secondary N) is 1. The molecule has 3 N–H and O–H groups in total. The number of fused-ring (bicyclic) bond motifs is 1. The summed E-state index contributed by atoms with van der Waals surface area (Å²) < 4.78 is 1.12. The summed E-state index contributed by atoms with van der Waals surface area (Å²) in [7, 11) is 0. The Balaban J connectivity index is 1.42. The fraction of sp³-hybridized carbons (Fsp3) is 0.375. The molecular weight excluding hydrogens is 312 g/mol. The van der Waals surface area contributed by atoms with Gasteiger partial charge >= 0.3 is 0 Å². The molecule has 0 atom stereocenters. The van der Waals surface area contributed by atoms with E-state index in [2.05, 4.69) is 33.5 Å². The van der Waals surface area contributed by atoms with Crippen LogP contribution < -0.4 is 11.1 Å². The van der Waals surface area contributed by atoms with Gasteiger partial charge in [0.2, 0.25) is 0 Å². The first-order chi connectivity index (χ1) is 10.8. The minimum Gasteiger partial charge on any atom is -0.370 e. The molecule has 4 nitrogen and oxygen atoms in total. The summed E-state index contributed by atoms with van der Waals surface area (Å²) in [5, 5.41) is 5.19. The first-order valence-electron chi connectivity index (χ1n) is 7.52. The number of nitrogens with zero attached hydrogens (tertiary/aromatic N) is 2. The number of nitrogens with two attached hydrogens (primary N) is 1. The van der Waals surface area contributed by atoms with Crippen LogP contribution in [0.4, 0.5) is 5.69 Å². The van der Waals surface area contributed by atoms with Gasteiger partial charge in [-0.2, -0.15) is 0 Å². The van der Waals surface area contributed by atoms with Crippen LogP contribution >= 0.6 is 23.1 Å². The van der Waals surface area contributed by atoms with Gasteiger partial charge in [-0.25, -0.2) is 4.98 Å². The van der Waals surface area contributed by atoms with Gasteiger partial charge in [-0.3, -0.25) is 4.99 Å². The Labute approximate surface area is 139 Å². The minimum atomic E-state index is 0.497. The molecule has 6 heteroatoms. The van der Waals surface area contributed by atoms with E-state index >= 15 is 0 Å². The zero-order valence-electron chi connectivity index (χ0n) is 12.4. The molecule has 1 aromatic heterocycles. The van der Waals surface area contributed by atoms with Crippen LogP contribution in [0.15, 0.2) is 39.1 Å². The first kappa shape index (κ1) is 15.4. The maximum absolute atomic E-state index is 5.95. The molecule has 1 aliphatic rings. The molecule has 2 aromatic rings. The van der Waals surface area contributed by atoms with Gasteiger partial charge in [0.1, 0.15) is 4.34 Å². The smallest absolute Gasteiger partial charge is 0.193 e. The van der Waals surface area contributed by atoms with E-state index in [0.717, 1.165) is 28.7 Å². The van der Waals surface area contributed by atoms with Crippen molar-refractivity contribution in [1.82, 2.24) is 4.98 Å². The van der Waals surface area contributed by atoms with Crippen molar-refractivity contribution in [2.75, 3.05) is 17.6 Å². The average Bonchev–Trinajstić information content (AvgIpc) is 3.17. The van der Waals surface area contributed by atoms with E-state index in [0.29, 0.717) is 5.96 Å². The molecule has 0 unspecified atom stereocenters. The molecule has 0 aliphatic heterocycles. The summed E-state index contributed by atoms with van der Waals surface area (Å²) >= 11 is 3.45. The number of guanidine groups is 1. The maximum atomic E-state index is 5.95. The third-order valence-electron chi connectivity index (χ3n) is 3.59. The largest absolute Gasteiger partial charge is 0.370 e. The Morgan fingerprint density at radius 1 is 1.36 bits per heavy atom. The molecule has 3 rings (SSSR count). The molecule has 1 aromatic carbocycles. The summed E-state index contributed by atoms with van der Waals surface area (Å²) in [4.78, 5) is 8.63. The molecule has 1 heterocycles. The fourth-order valence-electron chi connectivity index (χ4n) is 2.54. The van der Waals surface area contributed by atoms with E-state index in [-0.39, 0.29) is 0 Å². The van der Waals surface area contributed by atoms with E-state index in [9.17, 15) is 0 Å². The molecule has 22 heavy (non-hydrogen) atoms. The van der Waals surface area contributed by atoms with Crippen molar-refractivity contribution >= 4 is 34.7 Å². The van der Waals surface area contributed by atoms with E-state index in [1.807, 2.05) is 11.6 Å². The van der Waals surface area contributed by atoms with Crippen LogP contribution in [0.3, 0.4) is 0 Å². The summed E-state index contributed by atoms with van der Waals surface area (Å²) in [5.74, 6) is 1.51. The van der Waals surface area contributed by atoms with Crippen LogP contribution in [0.2, 0.25) is 0 Å². The number of aryl methyl sites for hydroxylation is 2. The molecule has 0 saturated carbocycles. The molecule has 0 fully saturated rings. The first-order valence-corrected chi connectivity index (χ1v) is 9.39. The Kier molecular flexibility index (Phi) is 5.34. The Morgan fingerprint density at radius 2 is 2.27 bits per heavy atom. The SMILES string of the molecule is NC(=NCCCSc1nccs1)Nc1ccc2c(c1)CCC2. The lowest BCUT2D eigenvalue weighted by molar-refractivity contribution is 0.912. The molecule has 0 spiro atoms. The molecule has 0 amide bonds. The summed E-state index contributed by atoms with van der Waals surface area (Å²) in [6.45, 7) is 0.738. The number of rotatable bonds is 6. The van der Waals surface area contributed by atoms with Crippen molar-refractivity contribution in [1.29, 1.82) is 0 Å². The zero-order chi connectivity index (χ0) is 15.2. The number of thiazole rings is 1. The average molecular weight is 332 g/mol. The van der Waals surface area contributed by atoms with Crippen LogP contribution in [-0.4, -0.2) is 23.2 Å². The summed E-state index contributed by atoms with van der Waals surface area (Å²) in [6, 6.07) is 6.48. The zero-order valence-corrected chi connectivity index (χ0v) is 14.1. The van der Waals surface area contributed by atoms with Gasteiger partial charge in [0, 0.05) is 29.6 Å². The van der Waals surface area contributed by atoms with Crippen molar-refractivity contribution < 1.29 is 0 Å². The number of aliphatic imine (C=N–C) groups is 1. The van der Waals surface area contributed by atoms with Crippen LogP contribution in [0.1, 0.15) is 24.0 Å². The van der Waals surface area contributed by atoms with Crippen LogP contribution in [0.5, 0.6) is 0 Å². The highest BCUT2D eigenvalue weighted by atomic mass is 32.2. The van der Waals surface area contributed by atoms with Gasteiger partial charge in [0.15, 0.2) is 5.96 Å². The predicted octanol–water partition coefficient (Wildman–Crippen LogP) is 3.54. The number of hydrogen-bond donors (Lipinski definition) is 2. The molecule has 0 radical (unpaired) electrons. The summed E-state index contributed by atoms with van der Waals surface area (Å²) in [5.41, 5.74) is 9.91. The third kappa shape index (κ3) is 4.24. The molecular formula is C16H20N4S2. The van der Waals surface area contributed by atoms with Crippen LogP contribution in [-0.2, 0) is 12.8 Å². The molecule has 1 aliphatic carbocycles. The van der Waals surface area contributed by atoms with Crippen LogP contribution in [0, 0.1) is 0 Å². The monoisotopic (exact) mass is 332 g/mol. The van der Waals surface area contributed by atoms with Gasteiger partial charge in [-0.05, 0) is 48.9 Å². The third-order valence-corrected chi connectivity index (χ3v) is 5.64. The van der Waals surface area contributed by atoms with E-state index in [4.69, 9.17) is 5.73 Å². The number of thioether (sulfide) groups is 1. The van der Waals surface area contributed by atoms with Crippen molar-refractivity contribution in [3.05, 3.63) is 40.9 Å². The van der Waals surface area contributed by atoms with Gasteiger partial charge in [-0.15, -0.1) is 11.3 Å². The number of anilines is 1. The highest BCUT2D eigenvalue weighted by Gasteiger charge is 2.10. The van der Waals surface area contributed by atoms with Crippen molar-refractivity contribution in [3.8, 4) is 0 Å². The standard InChI is InChI=1S/C16H20N4S2/c17-15(18-7-2-9-21-16-19-8-10-22-16)20-14-6-5-12-3-1-4-13(12)11-14/h5-6,8,10-11H,1-4,7,9H2,(H3,17,18,20). The van der Waals surface area contributed by atoms with Crippen LogP contribution in [0.25, 0.3) is 0 Å². The lowest BCUT2D eigenvalue weighted by Gasteiger charge is -2.07. The van der Waals surface area contributed by atoms with Gasteiger partial charge in [-0.1, -0.05) is 17.8 Å². The highest BCUT2D eigenvalue weighted by Crippen LogP contribution is 2.24. The van der Waals surface area contributed by atoms with Gasteiger partial charge in [0.25, 0.3) is 0 Å². The fourth-order valence-corrected chi connectivity index (χ4v) is 4.17. The van der Waals surface area contributed by atoms with E-state index in [1.165, 1.54) is 30.4 Å². The van der Waals surface area contributed by atoms with E-state index < -0.39 is 0 Å². The Bertz CT molecular complexity index is 638. The predicted molar refractivity (Wildman–Crippen MR) is 96.0 cm³/mol. The van der Waals surface area contributed by atoms with Crippen molar-refractivity contribution in [3.63, 3.8) is 0 Å². The second-order valence-corrected chi connectivity index (χ2v) is 7.47. The topological polar surface area (TPSA) is 63.3 Å². The number of aromatic nitrogens is 1. The molecule has 116 valence electrons. The quantitative estimate of drug-likeness (QED) is 0.367. The van der Waals surface area contributed by atoms with E-state index in [1.54, 1.807) is 23.1 Å². The van der Waals surface area contributed by atoms with Gasteiger partial charge < -0.3 is 11.1 Å². The van der Waals surface area contributed by atoms with Crippen molar-refractivity contribution in [2.45, 2.75) is 30.0 Å². The Hall–Kier alpha value is -1.53. The number of benzene rings is 1. The lowest BCUT2D eigenvalue weighted by atomic mass is 10.1. The molecule has 0 saturated heterocycles. The van der Waals surface area contributed by atoms with Gasteiger partial charge in [0.05, 0.1) is 0 Å². The molecule has 0 bridgehead atoms. The Morgan fingerprint density at radius 3 is 3.14 bits per heavy atom. The normalized spacial score (nSPS) is 14.1. The highest BCUT2D eigenvalue weighted by molar-refractivity contribution is 8.00.